The Hall–Kier alpha value is -0.610. The van der Waals surface area contributed by atoms with Crippen molar-refractivity contribution >= 4 is 5.97 Å². The molecule has 0 radical (unpaired) electrons. The Morgan fingerprint density at radius 3 is 2.44 bits per heavy atom. The van der Waals surface area contributed by atoms with Crippen LogP contribution in [-0.4, -0.2) is 35.4 Å². The Balaban J connectivity index is 3.35. The summed E-state index contributed by atoms with van der Waals surface area (Å²) < 4.78 is 0. The molecule has 0 aliphatic rings. The second-order valence-corrected chi connectivity index (χ2v) is 5.47. The van der Waals surface area contributed by atoms with E-state index in [0.29, 0.717) is 13.0 Å². The minimum atomic E-state index is -0.743. The Morgan fingerprint density at radius 2 is 1.94 bits per heavy atom. The monoisotopic (exact) mass is 231 g/mol. The van der Waals surface area contributed by atoms with E-state index < -0.39 is 5.97 Å². The number of nitrogens with one attached hydrogen (secondary N) is 1. The zero-order valence-corrected chi connectivity index (χ0v) is 10.6. The molecule has 16 heavy (non-hydrogen) atoms. The van der Waals surface area contributed by atoms with E-state index in [0.717, 1.165) is 19.4 Å². The van der Waals surface area contributed by atoms with Gasteiger partial charge in [-0.3, -0.25) is 4.79 Å². The number of carboxylic acids is 1. The van der Waals surface area contributed by atoms with Crippen molar-refractivity contribution in [2.45, 2.75) is 52.6 Å². The Kier molecular flexibility index (Phi) is 7.34. The van der Waals surface area contributed by atoms with Gasteiger partial charge in [0, 0.05) is 13.0 Å². The molecule has 1 atom stereocenters. The van der Waals surface area contributed by atoms with Gasteiger partial charge in [-0.15, -0.1) is 0 Å². The fourth-order valence-electron chi connectivity index (χ4n) is 1.57. The molecule has 0 rings (SSSR count). The third kappa shape index (κ3) is 11.5. The van der Waals surface area contributed by atoms with Crippen molar-refractivity contribution in [3.05, 3.63) is 0 Å². The van der Waals surface area contributed by atoms with Crippen LogP contribution in [0.4, 0.5) is 0 Å². The summed E-state index contributed by atoms with van der Waals surface area (Å²) in [6.45, 7) is 7.66. The smallest absolute Gasteiger partial charge is 0.303 e. The summed E-state index contributed by atoms with van der Waals surface area (Å²) in [6.07, 6.45) is 2.22. The summed E-state index contributed by atoms with van der Waals surface area (Å²) in [6, 6.07) is 0. The molecule has 0 aliphatic carbocycles. The molecule has 0 aromatic heterocycles. The molecule has 0 aromatic rings. The first-order chi connectivity index (χ1) is 7.31. The SMILES string of the molecule is CC(C)(C)CC(O)CNCCCCC(=O)O. The highest BCUT2D eigenvalue weighted by atomic mass is 16.4. The van der Waals surface area contributed by atoms with Crippen LogP contribution in [0, 0.1) is 5.41 Å². The van der Waals surface area contributed by atoms with Crippen LogP contribution in [0.15, 0.2) is 0 Å². The number of carbonyl (C=O) groups is 1. The molecule has 0 saturated carbocycles. The summed E-state index contributed by atoms with van der Waals surface area (Å²) in [5.74, 6) is -0.743. The Labute approximate surface area is 98.1 Å². The molecular formula is C12H25NO3. The molecule has 0 saturated heterocycles. The van der Waals surface area contributed by atoms with Crippen molar-refractivity contribution in [3.63, 3.8) is 0 Å². The molecule has 0 amide bonds. The number of unbranched alkanes of at least 4 members (excludes halogenated alkanes) is 1. The van der Waals surface area contributed by atoms with E-state index in [1.165, 1.54) is 0 Å². The highest BCUT2D eigenvalue weighted by molar-refractivity contribution is 5.66. The first-order valence-corrected chi connectivity index (χ1v) is 5.92. The van der Waals surface area contributed by atoms with Crippen LogP contribution < -0.4 is 5.32 Å². The van der Waals surface area contributed by atoms with Gasteiger partial charge >= 0.3 is 5.97 Å². The van der Waals surface area contributed by atoms with Gasteiger partial charge in [0.2, 0.25) is 0 Å². The molecule has 3 N–H and O–H groups in total. The number of rotatable bonds is 8. The number of hydrogen-bond donors (Lipinski definition) is 3. The summed E-state index contributed by atoms with van der Waals surface area (Å²) in [5, 5.41) is 21.2. The first kappa shape index (κ1) is 15.4. The molecule has 0 heterocycles. The van der Waals surface area contributed by atoms with E-state index in [4.69, 9.17) is 5.11 Å². The summed E-state index contributed by atoms with van der Waals surface area (Å²) in [7, 11) is 0. The van der Waals surface area contributed by atoms with Crippen LogP contribution in [0.25, 0.3) is 0 Å². The molecule has 0 aliphatic heterocycles. The lowest BCUT2D eigenvalue weighted by molar-refractivity contribution is -0.137. The van der Waals surface area contributed by atoms with Gasteiger partial charge in [0.15, 0.2) is 0 Å². The average molecular weight is 231 g/mol. The standard InChI is InChI=1S/C12H25NO3/c1-12(2,3)8-10(14)9-13-7-5-4-6-11(15)16/h10,13-14H,4-9H2,1-3H3,(H,15,16). The van der Waals surface area contributed by atoms with Gasteiger partial charge in [-0.2, -0.15) is 0 Å². The maximum absolute atomic E-state index is 10.2. The Bertz CT molecular complexity index is 199. The average Bonchev–Trinajstić information content (AvgIpc) is 2.07. The molecule has 0 bridgehead atoms. The van der Waals surface area contributed by atoms with Crippen molar-refractivity contribution < 1.29 is 15.0 Å². The van der Waals surface area contributed by atoms with Crippen LogP contribution in [0.5, 0.6) is 0 Å². The number of aliphatic hydroxyl groups excluding tert-OH is 1. The number of carboxylic acid groups (broad SMARTS) is 1. The van der Waals surface area contributed by atoms with Crippen molar-refractivity contribution in [2.24, 2.45) is 5.41 Å². The van der Waals surface area contributed by atoms with Gasteiger partial charge in [0.05, 0.1) is 6.10 Å². The predicted octanol–water partition coefficient (Wildman–Crippen LogP) is 1.63. The lowest BCUT2D eigenvalue weighted by atomic mass is 9.89. The fraction of sp³-hybridized carbons (Fsp3) is 0.917. The van der Waals surface area contributed by atoms with Gasteiger partial charge < -0.3 is 15.5 Å². The summed E-state index contributed by atoms with van der Waals surface area (Å²) in [4.78, 5) is 10.2. The lowest BCUT2D eigenvalue weighted by Crippen LogP contribution is -2.30. The van der Waals surface area contributed by atoms with Gasteiger partial charge in [-0.1, -0.05) is 20.8 Å². The number of hydrogen-bond acceptors (Lipinski definition) is 3. The maximum atomic E-state index is 10.2. The van der Waals surface area contributed by atoms with Crippen molar-refractivity contribution in [1.82, 2.24) is 5.32 Å². The van der Waals surface area contributed by atoms with E-state index in [9.17, 15) is 9.90 Å². The largest absolute Gasteiger partial charge is 0.481 e. The van der Waals surface area contributed by atoms with Crippen molar-refractivity contribution in [3.8, 4) is 0 Å². The van der Waals surface area contributed by atoms with E-state index in [1.807, 2.05) is 0 Å². The second-order valence-electron chi connectivity index (χ2n) is 5.47. The van der Waals surface area contributed by atoms with Crippen LogP contribution in [0.3, 0.4) is 0 Å². The van der Waals surface area contributed by atoms with E-state index >= 15 is 0 Å². The second kappa shape index (κ2) is 7.63. The van der Waals surface area contributed by atoms with Crippen molar-refractivity contribution in [2.75, 3.05) is 13.1 Å². The first-order valence-electron chi connectivity index (χ1n) is 5.92. The molecular weight excluding hydrogens is 206 g/mol. The van der Waals surface area contributed by atoms with Crippen molar-refractivity contribution in [1.29, 1.82) is 0 Å². The van der Waals surface area contributed by atoms with Crippen LogP contribution in [-0.2, 0) is 4.79 Å². The fourth-order valence-corrected chi connectivity index (χ4v) is 1.57. The molecule has 1 unspecified atom stereocenters. The van der Waals surface area contributed by atoms with E-state index in [-0.39, 0.29) is 17.9 Å². The number of aliphatic carboxylic acids is 1. The third-order valence-electron chi connectivity index (χ3n) is 2.22. The van der Waals surface area contributed by atoms with Crippen LogP contribution >= 0.6 is 0 Å². The Morgan fingerprint density at radius 1 is 1.31 bits per heavy atom. The van der Waals surface area contributed by atoms with Gasteiger partial charge in [0.25, 0.3) is 0 Å². The summed E-state index contributed by atoms with van der Waals surface area (Å²) in [5.41, 5.74) is 0.143. The van der Waals surface area contributed by atoms with Gasteiger partial charge in [0.1, 0.15) is 0 Å². The third-order valence-corrected chi connectivity index (χ3v) is 2.22. The minimum Gasteiger partial charge on any atom is -0.481 e. The van der Waals surface area contributed by atoms with E-state index in [1.54, 1.807) is 0 Å². The van der Waals surface area contributed by atoms with E-state index in [2.05, 4.69) is 26.1 Å². The molecule has 4 nitrogen and oxygen atoms in total. The predicted molar refractivity (Wildman–Crippen MR) is 64.4 cm³/mol. The van der Waals surface area contributed by atoms with Gasteiger partial charge in [-0.25, -0.2) is 0 Å². The topological polar surface area (TPSA) is 69.6 Å². The summed E-state index contributed by atoms with van der Waals surface area (Å²) >= 11 is 0. The number of aliphatic hydroxyl groups is 1. The van der Waals surface area contributed by atoms with Gasteiger partial charge in [-0.05, 0) is 31.2 Å². The highest BCUT2D eigenvalue weighted by Gasteiger charge is 2.15. The van der Waals surface area contributed by atoms with Crippen LogP contribution in [0.1, 0.15) is 46.5 Å². The maximum Gasteiger partial charge on any atom is 0.303 e. The quantitative estimate of drug-likeness (QED) is 0.555. The lowest BCUT2D eigenvalue weighted by Gasteiger charge is -2.22. The zero-order chi connectivity index (χ0) is 12.6. The normalized spacial score (nSPS) is 13.8. The zero-order valence-electron chi connectivity index (χ0n) is 10.6. The molecule has 96 valence electrons. The van der Waals surface area contributed by atoms with Crippen LogP contribution in [0.2, 0.25) is 0 Å². The molecule has 0 aromatic carbocycles. The minimum absolute atomic E-state index is 0.143. The molecule has 4 heteroatoms. The molecule has 0 fully saturated rings. The molecule has 0 spiro atoms. The highest BCUT2D eigenvalue weighted by Crippen LogP contribution is 2.20.